The average molecular weight is 443 g/mol. The highest BCUT2D eigenvalue weighted by Gasteiger charge is 2.39. The minimum absolute atomic E-state index is 0.0265. The van der Waals surface area contributed by atoms with Crippen molar-refractivity contribution in [2.75, 3.05) is 27.2 Å². The van der Waals surface area contributed by atoms with E-state index in [-0.39, 0.29) is 24.7 Å². The Morgan fingerprint density at radius 1 is 1.27 bits per heavy atom. The normalized spacial score (nSPS) is 14.1. The van der Waals surface area contributed by atoms with E-state index in [4.69, 9.17) is 10.00 Å². The van der Waals surface area contributed by atoms with Crippen molar-refractivity contribution >= 4 is 28.8 Å². The molecule has 1 aromatic heterocycles. The quantitative estimate of drug-likeness (QED) is 0.587. The number of aliphatic imine (C=N–C) groups is 1. The van der Waals surface area contributed by atoms with Gasteiger partial charge in [0.1, 0.15) is 5.75 Å². The first kappa shape index (κ1) is 22.3. The summed E-state index contributed by atoms with van der Waals surface area (Å²) in [4.78, 5) is 34.7. The Bertz CT molecular complexity index is 1330. The molecule has 0 saturated carbocycles. The van der Waals surface area contributed by atoms with Crippen molar-refractivity contribution in [1.29, 1.82) is 5.26 Å². The van der Waals surface area contributed by atoms with Crippen LogP contribution in [-0.4, -0.2) is 55.0 Å². The van der Waals surface area contributed by atoms with Crippen molar-refractivity contribution in [3.63, 3.8) is 0 Å². The molecule has 33 heavy (non-hydrogen) atoms. The number of aromatic nitrogens is 1. The van der Waals surface area contributed by atoms with Crippen molar-refractivity contribution in [2.45, 2.75) is 25.7 Å². The van der Waals surface area contributed by atoms with E-state index in [1.165, 1.54) is 4.90 Å². The molecule has 1 heterocycles. The number of likely N-dealkylation sites (N-methyl/N-ethyl adjacent to an activating group) is 1. The number of fused-ring (bicyclic) bond motifs is 4. The summed E-state index contributed by atoms with van der Waals surface area (Å²) in [7, 11) is 3.37. The van der Waals surface area contributed by atoms with E-state index in [0.717, 1.165) is 27.7 Å². The molecule has 1 aliphatic rings. The predicted octanol–water partition coefficient (Wildman–Crippen LogP) is 3.84. The fourth-order valence-corrected chi connectivity index (χ4v) is 4.34. The first-order chi connectivity index (χ1) is 15.8. The van der Waals surface area contributed by atoms with Crippen LogP contribution in [0.5, 0.6) is 5.75 Å². The third-order valence-corrected chi connectivity index (χ3v) is 6.21. The Kier molecular flexibility index (Phi) is 5.77. The van der Waals surface area contributed by atoms with Crippen LogP contribution < -0.4 is 4.74 Å². The number of amides is 1. The molecule has 0 fully saturated rings. The number of nitrogens with one attached hydrogen (secondary N) is 1. The van der Waals surface area contributed by atoms with Crippen molar-refractivity contribution in [3.8, 4) is 11.8 Å². The summed E-state index contributed by atoms with van der Waals surface area (Å²) in [6.07, 6.45) is 2.06. The molecule has 4 rings (SSSR count). The molecule has 0 bridgehead atoms. The second kappa shape index (κ2) is 8.55. The molecule has 1 amide bonds. The number of carbonyl (C=O) groups is 2. The Morgan fingerprint density at radius 3 is 2.79 bits per heavy atom. The molecule has 1 N–H and O–H groups in total. The number of benzene rings is 2. The lowest BCUT2D eigenvalue weighted by molar-refractivity contribution is -0.131. The molecule has 0 unspecified atom stereocenters. The summed E-state index contributed by atoms with van der Waals surface area (Å²) in [6, 6.07) is 13.3. The molecule has 3 aromatic rings. The van der Waals surface area contributed by atoms with Gasteiger partial charge in [-0.1, -0.05) is 26.0 Å². The highest BCUT2D eigenvalue weighted by molar-refractivity contribution is 6.20. The largest absolute Gasteiger partial charge is 0.484 e. The van der Waals surface area contributed by atoms with Crippen molar-refractivity contribution in [2.24, 2.45) is 4.99 Å². The Labute approximate surface area is 192 Å². The van der Waals surface area contributed by atoms with Gasteiger partial charge in [0.25, 0.3) is 5.91 Å². The van der Waals surface area contributed by atoms with E-state index in [1.54, 1.807) is 32.4 Å². The smallest absolute Gasteiger partial charge is 0.260 e. The van der Waals surface area contributed by atoms with Crippen LogP contribution in [-0.2, 0) is 10.2 Å². The van der Waals surface area contributed by atoms with E-state index in [0.29, 0.717) is 23.4 Å². The topological polar surface area (TPSA) is 98.5 Å². The van der Waals surface area contributed by atoms with Crippen LogP contribution in [0.2, 0.25) is 0 Å². The first-order valence-electron chi connectivity index (χ1n) is 10.8. The number of nitrogens with zero attached hydrogens (tertiary/aromatic N) is 3. The highest BCUT2D eigenvalue weighted by Crippen LogP contribution is 2.44. The average Bonchev–Trinajstić information content (AvgIpc) is 3.20. The summed E-state index contributed by atoms with van der Waals surface area (Å²) in [5, 5.41) is 9.58. The van der Waals surface area contributed by atoms with Gasteiger partial charge in [-0.3, -0.25) is 14.6 Å². The Balaban J connectivity index is 1.66. The standard InChI is InChI=1S/C26H26N4O3/c1-26(2)20-13-17(33-15-22(31)30(4)11-5-10-27)7-9-18(20)24(32)23-19-8-6-16(14-28-3)12-21(19)29-25(23)26/h6-9,12-14,29H,5,11,15H2,1-4H3/b28-14+. The molecule has 7 nitrogen and oxygen atoms in total. The van der Waals surface area contributed by atoms with Gasteiger partial charge in [-0.05, 0) is 35.4 Å². The van der Waals surface area contributed by atoms with Gasteiger partial charge in [0, 0.05) is 54.4 Å². The van der Waals surface area contributed by atoms with Crippen LogP contribution in [0.25, 0.3) is 10.9 Å². The van der Waals surface area contributed by atoms with Crippen molar-refractivity contribution in [3.05, 3.63) is 64.3 Å². The number of carbonyl (C=O) groups excluding carboxylic acids is 2. The minimum atomic E-state index is -0.469. The molecule has 1 aliphatic carbocycles. The zero-order valence-electron chi connectivity index (χ0n) is 19.2. The molecule has 0 aliphatic heterocycles. The van der Waals surface area contributed by atoms with Crippen LogP contribution >= 0.6 is 0 Å². The number of ether oxygens (including phenoxy) is 1. The third kappa shape index (κ3) is 3.89. The Morgan fingerprint density at radius 2 is 2.06 bits per heavy atom. The summed E-state index contributed by atoms with van der Waals surface area (Å²) in [5.74, 6) is 0.293. The number of rotatable bonds is 6. The van der Waals surface area contributed by atoms with Gasteiger partial charge >= 0.3 is 0 Å². The summed E-state index contributed by atoms with van der Waals surface area (Å²) >= 11 is 0. The minimum Gasteiger partial charge on any atom is -0.484 e. The van der Waals surface area contributed by atoms with E-state index >= 15 is 0 Å². The molecule has 7 heteroatoms. The van der Waals surface area contributed by atoms with Gasteiger partial charge in [-0.15, -0.1) is 0 Å². The van der Waals surface area contributed by atoms with E-state index in [1.807, 2.05) is 30.3 Å². The van der Waals surface area contributed by atoms with Gasteiger partial charge in [0.05, 0.1) is 18.1 Å². The van der Waals surface area contributed by atoms with E-state index < -0.39 is 5.41 Å². The molecule has 0 spiro atoms. The van der Waals surface area contributed by atoms with Gasteiger partial charge in [-0.25, -0.2) is 0 Å². The van der Waals surface area contributed by atoms with Crippen LogP contribution in [0.15, 0.2) is 41.4 Å². The zero-order chi connectivity index (χ0) is 23.8. The van der Waals surface area contributed by atoms with Crippen LogP contribution in [0.3, 0.4) is 0 Å². The summed E-state index contributed by atoms with van der Waals surface area (Å²) in [5.41, 5.74) is 4.45. The van der Waals surface area contributed by atoms with E-state index in [9.17, 15) is 9.59 Å². The van der Waals surface area contributed by atoms with E-state index in [2.05, 4.69) is 23.8 Å². The molecule has 2 aromatic carbocycles. The maximum absolute atomic E-state index is 13.5. The molecular formula is C26H26N4O3. The number of aromatic amines is 1. The maximum Gasteiger partial charge on any atom is 0.260 e. The van der Waals surface area contributed by atoms with Gasteiger partial charge in [0.15, 0.2) is 12.4 Å². The second-order valence-corrected chi connectivity index (χ2v) is 8.74. The lowest BCUT2D eigenvalue weighted by Gasteiger charge is -2.32. The van der Waals surface area contributed by atoms with Gasteiger partial charge in [-0.2, -0.15) is 5.26 Å². The molecular weight excluding hydrogens is 416 g/mol. The highest BCUT2D eigenvalue weighted by atomic mass is 16.5. The first-order valence-corrected chi connectivity index (χ1v) is 10.8. The number of hydrogen-bond donors (Lipinski definition) is 1. The maximum atomic E-state index is 13.5. The third-order valence-electron chi connectivity index (χ3n) is 6.21. The van der Waals surface area contributed by atoms with Crippen LogP contribution in [0, 0.1) is 11.3 Å². The van der Waals surface area contributed by atoms with Crippen molar-refractivity contribution in [1.82, 2.24) is 9.88 Å². The zero-order valence-corrected chi connectivity index (χ0v) is 19.2. The molecule has 0 radical (unpaired) electrons. The van der Waals surface area contributed by atoms with Crippen molar-refractivity contribution < 1.29 is 14.3 Å². The lowest BCUT2D eigenvalue weighted by atomic mass is 9.71. The monoisotopic (exact) mass is 442 g/mol. The number of nitriles is 1. The fourth-order valence-electron chi connectivity index (χ4n) is 4.34. The molecule has 168 valence electrons. The number of hydrogen-bond acceptors (Lipinski definition) is 5. The predicted molar refractivity (Wildman–Crippen MR) is 127 cm³/mol. The van der Waals surface area contributed by atoms with Crippen LogP contribution in [0.4, 0.5) is 0 Å². The SMILES string of the molecule is C/N=C/c1ccc2c3c([nH]c2c1)C(C)(C)c1cc(OCC(=O)N(C)CCC#N)ccc1C3=O. The lowest BCUT2D eigenvalue weighted by Crippen LogP contribution is -2.32. The second-order valence-electron chi connectivity index (χ2n) is 8.74. The number of ketones is 1. The van der Waals surface area contributed by atoms with Gasteiger partial charge in [0.2, 0.25) is 0 Å². The number of H-pyrrole nitrogens is 1. The molecule has 0 saturated heterocycles. The summed E-state index contributed by atoms with van der Waals surface area (Å²) < 4.78 is 5.74. The fraction of sp³-hybridized carbons (Fsp3) is 0.308. The molecule has 0 atom stereocenters. The van der Waals surface area contributed by atoms with Gasteiger partial charge < -0.3 is 14.6 Å². The Hall–Kier alpha value is -3.92. The van der Waals surface area contributed by atoms with Crippen LogP contribution in [0.1, 0.15) is 53.0 Å². The summed E-state index contributed by atoms with van der Waals surface area (Å²) in [6.45, 7) is 4.38.